The van der Waals surface area contributed by atoms with Gasteiger partial charge in [0.2, 0.25) is 5.91 Å². The van der Waals surface area contributed by atoms with Crippen LogP contribution in [-0.4, -0.2) is 35.6 Å². The molecule has 0 aromatic heterocycles. The summed E-state index contributed by atoms with van der Waals surface area (Å²) in [4.78, 5) is 35.1. The largest absolute Gasteiger partial charge is 0.480 e. The van der Waals surface area contributed by atoms with Gasteiger partial charge < -0.3 is 15.2 Å². The van der Waals surface area contributed by atoms with Crippen molar-refractivity contribution in [2.75, 3.05) is 6.54 Å². The number of hydrogen-bond donors (Lipinski definition) is 2. The molecule has 0 heterocycles. The lowest BCUT2D eigenvalue weighted by molar-refractivity contribution is -0.150. The summed E-state index contributed by atoms with van der Waals surface area (Å²) in [6.07, 6.45) is 57.8. The van der Waals surface area contributed by atoms with E-state index in [0.717, 1.165) is 103 Å². The number of nitrogens with one attached hydrogen (secondary N) is 1. The predicted octanol–water partition coefficient (Wildman–Crippen LogP) is 14.4. The normalized spacial score (nSPS) is 12.6. The molecule has 6 nitrogen and oxygen atoms in total. The summed E-state index contributed by atoms with van der Waals surface area (Å²) in [7, 11) is 0. The molecule has 55 heavy (non-hydrogen) atoms. The van der Waals surface area contributed by atoms with E-state index in [1.165, 1.54) is 89.9 Å². The van der Waals surface area contributed by atoms with E-state index in [1.807, 2.05) is 0 Å². The van der Waals surface area contributed by atoms with Crippen LogP contribution in [0.4, 0.5) is 0 Å². The summed E-state index contributed by atoms with van der Waals surface area (Å²) < 4.78 is 6.03. The number of hydrogen-bond acceptors (Lipinski definition) is 4. The maximum atomic E-state index is 12.8. The van der Waals surface area contributed by atoms with Crippen LogP contribution in [0.3, 0.4) is 0 Å². The van der Waals surface area contributed by atoms with Gasteiger partial charge in [-0.05, 0) is 103 Å². The third-order valence-corrected chi connectivity index (χ3v) is 9.92. The number of unbranched alkanes of at least 4 members (excludes halogenated alkanes) is 20. The first kappa shape index (κ1) is 52.1. The van der Waals surface area contributed by atoms with Crippen LogP contribution in [0.5, 0.6) is 0 Å². The van der Waals surface area contributed by atoms with Crippen LogP contribution >= 0.6 is 0 Å². The monoisotopic (exact) mass is 768 g/mol. The number of aliphatic carboxylic acids is 1. The number of carboxylic acid groups (broad SMARTS) is 1. The topological polar surface area (TPSA) is 92.7 Å². The quantitative estimate of drug-likeness (QED) is 0.0367. The van der Waals surface area contributed by atoms with Gasteiger partial charge in [0.15, 0.2) is 0 Å². The molecule has 0 bridgehead atoms. The van der Waals surface area contributed by atoms with Crippen molar-refractivity contribution < 1.29 is 24.2 Å². The second-order valence-electron chi connectivity index (χ2n) is 15.3. The molecule has 0 fully saturated rings. The second-order valence-corrected chi connectivity index (χ2v) is 15.3. The highest BCUT2D eigenvalue weighted by Crippen LogP contribution is 2.18. The van der Waals surface area contributed by atoms with Gasteiger partial charge in [-0.3, -0.25) is 14.4 Å². The minimum Gasteiger partial charge on any atom is -0.480 e. The Morgan fingerprint density at radius 1 is 0.491 bits per heavy atom. The minimum atomic E-state index is -1.02. The van der Waals surface area contributed by atoms with Gasteiger partial charge in [0.25, 0.3) is 0 Å². The molecule has 0 saturated carbocycles. The molecule has 0 saturated heterocycles. The third-order valence-electron chi connectivity index (χ3n) is 9.92. The first-order valence-electron chi connectivity index (χ1n) is 22.9. The van der Waals surface area contributed by atoms with Crippen molar-refractivity contribution in [3.05, 3.63) is 60.8 Å². The first-order chi connectivity index (χ1) is 27.0. The highest BCUT2D eigenvalue weighted by molar-refractivity contribution is 5.80. The van der Waals surface area contributed by atoms with E-state index in [-0.39, 0.29) is 24.5 Å². The summed E-state index contributed by atoms with van der Waals surface area (Å²) in [5.74, 6) is -1.27. The first-order valence-corrected chi connectivity index (χ1v) is 22.9. The van der Waals surface area contributed by atoms with Crippen molar-refractivity contribution in [1.29, 1.82) is 0 Å². The van der Waals surface area contributed by atoms with Crippen LogP contribution in [0, 0.1) is 0 Å². The van der Waals surface area contributed by atoms with E-state index in [0.29, 0.717) is 12.8 Å². The molecule has 0 aliphatic heterocycles. The van der Waals surface area contributed by atoms with Crippen molar-refractivity contribution in [2.24, 2.45) is 0 Å². The summed E-state index contributed by atoms with van der Waals surface area (Å²) in [6, 6.07) is 0. The molecule has 0 aromatic carbocycles. The summed E-state index contributed by atoms with van der Waals surface area (Å²) in [5.41, 5.74) is 0. The second kappa shape index (κ2) is 43.8. The average Bonchev–Trinajstić information content (AvgIpc) is 3.17. The van der Waals surface area contributed by atoms with Gasteiger partial charge in [-0.1, -0.05) is 164 Å². The molecular formula is C49H85NO5. The van der Waals surface area contributed by atoms with Crippen molar-refractivity contribution in [3.8, 4) is 0 Å². The van der Waals surface area contributed by atoms with Crippen molar-refractivity contribution in [2.45, 2.75) is 225 Å². The predicted molar refractivity (Wildman–Crippen MR) is 235 cm³/mol. The van der Waals surface area contributed by atoms with Gasteiger partial charge >= 0.3 is 11.9 Å². The van der Waals surface area contributed by atoms with Crippen LogP contribution in [0.2, 0.25) is 0 Å². The number of allylic oxidation sites excluding steroid dienone is 10. The Balaban J connectivity index is 4.24. The summed E-state index contributed by atoms with van der Waals surface area (Å²) >= 11 is 0. The van der Waals surface area contributed by atoms with Gasteiger partial charge in [-0.15, -0.1) is 0 Å². The zero-order valence-electron chi connectivity index (χ0n) is 35.8. The number of esters is 1. The highest BCUT2D eigenvalue weighted by Gasteiger charge is 2.14. The van der Waals surface area contributed by atoms with Gasteiger partial charge in [0.1, 0.15) is 12.6 Å². The fraction of sp³-hybridized carbons (Fsp3) is 0.735. The third kappa shape index (κ3) is 43.7. The van der Waals surface area contributed by atoms with E-state index in [1.54, 1.807) is 0 Å². The molecule has 0 aliphatic carbocycles. The molecule has 2 N–H and O–H groups in total. The fourth-order valence-corrected chi connectivity index (χ4v) is 6.56. The molecule has 0 aromatic rings. The highest BCUT2D eigenvalue weighted by atomic mass is 16.5. The van der Waals surface area contributed by atoms with Crippen molar-refractivity contribution >= 4 is 17.8 Å². The Kier molecular flexibility index (Phi) is 41.5. The molecule has 0 spiro atoms. The van der Waals surface area contributed by atoms with E-state index in [2.05, 4.69) is 79.9 Å². The zero-order valence-corrected chi connectivity index (χ0v) is 35.8. The lowest BCUT2D eigenvalue weighted by Crippen LogP contribution is -2.28. The van der Waals surface area contributed by atoms with Crippen molar-refractivity contribution in [3.63, 3.8) is 0 Å². The molecule has 1 unspecified atom stereocenters. The summed E-state index contributed by atoms with van der Waals surface area (Å²) in [5, 5.41) is 11.1. The molecule has 316 valence electrons. The Morgan fingerprint density at radius 2 is 0.891 bits per heavy atom. The van der Waals surface area contributed by atoms with Crippen LogP contribution in [0.1, 0.15) is 219 Å². The van der Waals surface area contributed by atoms with Crippen LogP contribution in [-0.2, 0) is 19.1 Å². The average molecular weight is 768 g/mol. The number of ether oxygens (including phenoxy) is 1. The molecule has 1 amide bonds. The Labute approximate surface area is 339 Å². The Bertz CT molecular complexity index is 1030. The fourth-order valence-electron chi connectivity index (χ4n) is 6.56. The standard InChI is InChI=1S/C49H85NO5/c1-3-5-7-9-11-13-15-17-19-20-21-23-25-27-29-31-36-40-44-49(54)55-46(42-38-34-32-35-39-43-47(51)50-45-48(52)53)41-37-33-30-28-26-24-22-18-16-14-12-10-8-6-4-2/h6,8,12,14,18-20,22,26,28,46H,3-5,7,9-11,13,15-17,21,23-25,27,29-45H2,1-2H3,(H,50,51)(H,52,53)/b8-6-,14-12-,20-19-,22-18-,28-26-. The maximum Gasteiger partial charge on any atom is 0.322 e. The van der Waals surface area contributed by atoms with Gasteiger partial charge in [-0.25, -0.2) is 0 Å². The molecular weight excluding hydrogens is 683 g/mol. The maximum absolute atomic E-state index is 12.8. The summed E-state index contributed by atoms with van der Waals surface area (Å²) in [6.45, 7) is 4.11. The lowest BCUT2D eigenvalue weighted by Gasteiger charge is -2.18. The molecule has 0 rings (SSSR count). The van der Waals surface area contributed by atoms with E-state index in [4.69, 9.17) is 9.84 Å². The smallest absolute Gasteiger partial charge is 0.322 e. The zero-order chi connectivity index (χ0) is 40.1. The SMILES string of the molecule is CC/C=C\C/C=C\C/C=C\C/C=C\CCCCC(CCCCCCCC(=O)NCC(=O)O)OC(=O)CCCCCCCCC/C=C\CCCCCCCCC. The molecule has 0 radical (unpaired) electrons. The number of carbonyl (C=O) groups is 3. The Hall–Kier alpha value is -2.89. The van der Waals surface area contributed by atoms with E-state index in [9.17, 15) is 14.4 Å². The number of rotatable bonds is 41. The Morgan fingerprint density at radius 3 is 1.42 bits per heavy atom. The lowest BCUT2D eigenvalue weighted by atomic mass is 10.0. The van der Waals surface area contributed by atoms with Crippen LogP contribution in [0.15, 0.2) is 60.8 Å². The molecule has 0 aliphatic rings. The molecule has 6 heteroatoms. The van der Waals surface area contributed by atoms with Crippen molar-refractivity contribution in [1.82, 2.24) is 5.32 Å². The van der Waals surface area contributed by atoms with E-state index >= 15 is 0 Å². The van der Waals surface area contributed by atoms with E-state index < -0.39 is 5.97 Å². The van der Waals surface area contributed by atoms with Gasteiger partial charge in [-0.2, -0.15) is 0 Å². The van der Waals surface area contributed by atoms with Crippen LogP contribution in [0.25, 0.3) is 0 Å². The molecule has 1 atom stereocenters. The number of carboxylic acids is 1. The number of amides is 1. The number of carbonyl (C=O) groups excluding carboxylic acids is 2. The van der Waals surface area contributed by atoms with Crippen LogP contribution < -0.4 is 5.32 Å². The van der Waals surface area contributed by atoms with Gasteiger partial charge in [0, 0.05) is 12.8 Å². The van der Waals surface area contributed by atoms with Gasteiger partial charge in [0.05, 0.1) is 0 Å². The minimum absolute atomic E-state index is 0.0173.